The summed E-state index contributed by atoms with van der Waals surface area (Å²) in [5.41, 5.74) is 4.92. The largest absolute Gasteiger partial charge is 0.469 e. The van der Waals surface area contributed by atoms with Crippen molar-refractivity contribution in [3.8, 4) is 22.3 Å². The quantitative estimate of drug-likeness (QED) is 0.0537. The molecular weight excluding hydrogens is 632 g/mol. The summed E-state index contributed by atoms with van der Waals surface area (Å²) in [5.74, 6) is -1.87. The second-order valence-corrected chi connectivity index (χ2v) is 12.3. The van der Waals surface area contributed by atoms with Crippen LogP contribution in [0.2, 0.25) is 0 Å². The predicted molar refractivity (Wildman–Crippen MR) is 191 cm³/mol. The molecule has 1 aliphatic carbocycles. The van der Waals surface area contributed by atoms with Gasteiger partial charge in [-0.15, -0.1) is 0 Å². The van der Waals surface area contributed by atoms with Gasteiger partial charge in [0.05, 0.1) is 24.2 Å². The van der Waals surface area contributed by atoms with Crippen molar-refractivity contribution in [3.05, 3.63) is 132 Å². The third-order valence-corrected chi connectivity index (χ3v) is 9.19. The summed E-state index contributed by atoms with van der Waals surface area (Å²) in [6.07, 6.45) is 4.39. The Bertz CT molecular complexity index is 1700. The van der Waals surface area contributed by atoms with Crippen molar-refractivity contribution in [2.45, 2.75) is 50.6 Å². The Labute approximate surface area is 294 Å². The third-order valence-electron chi connectivity index (χ3n) is 9.19. The first-order valence-electron chi connectivity index (χ1n) is 16.9. The molecule has 0 unspecified atom stereocenters. The van der Waals surface area contributed by atoms with E-state index in [0.717, 1.165) is 22.3 Å². The Hall–Kier alpha value is -5.05. The maximum Gasteiger partial charge on any atom is 0.338 e. The van der Waals surface area contributed by atoms with Crippen LogP contribution in [0.1, 0.15) is 52.8 Å². The molecular formula is C42H44O8. The number of methoxy groups -OCH3 is 3. The van der Waals surface area contributed by atoms with E-state index in [0.29, 0.717) is 36.8 Å². The molecule has 0 bridgehead atoms. The first-order valence-corrected chi connectivity index (χ1v) is 16.9. The molecule has 0 spiro atoms. The van der Waals surface area contributed by atoms with E-state index in [4.69, 9.17) is 23.7 Å². The number of carbonyl (C=O) groups excluding carboxylic acids is 3. The molecule has 1 fully saturated rings. The average molecular weight is 677 g/mol. The minimum Gasteiger partial charge on any atom is -0.469 e. The van der Waals surface area contributed by atoms with Crippen molar-refractivity contribution in [1.29, 1.82) is 0 Å². The highest BCUT2D eigenvalue weighted by Gasteiger charge is 2.51. The molecule has 8 heteroatoms. The van der Waals surface area contributed by atoms with Crippen molar-refractivity contribution >= 4 is 17.9 Å². The number of hydrogen-bond donors (Lipinski definition) is 0. The summed E-state index contributed by atoms with van der Waals surface area (Å²) >= 11 is 0. The standard InChI is InChI=1S/C42H44O8/c1-46-38(43)19-13-5-4-12-18-35-36(49-40(44)33-24-20-31(21-25-33)29-14-8-6-9-15-29)28-37(39(35)42(47-2)48-3)50-41(45)34-26-22-32(23-27-34)30-16-10-7-11-17-30/h4-11,14-17,20-27,35-37,39,42H,12-13,18-19,28H2,1-3H3/t35-,36-,37+,39+/m0/s1. The predicted octanol–water partition coefficient (Wildman–Crippen LogP) is 8.32. The summed E-state index contributed by atoms with van der Waals surface area (Å²) in [7, 11) is 4.47. The minimum absolute atomic E-state index is 0.254. The highest BCUT2D eigenvalue weighted by atomic mass is 16.7. The van der Waals surface area contributed by atoms with Crippen LogP contribution < -0.4 is 0 Å². The van der Waals surface area contributed by atoms with Crippen LogP contribution >= 0.6 is 0 Å². The molecule has 0 N–H and O–H groups in total. The Kier molecular flexibility index (Phi) is 13.1. The lowest BCUT2D eigenvalue weighted by molar-refractivity contribution is -0.167. The molecule has 0 heterocycles. The number of allylic oxidation sites excluding steroid dienone is 2. The van der Waals surface area contributed by atoms with Crippen LogP contribution in [0, 0.1) is 11.8 Å². The van der Waals surface area contributed by atoms with Crippen LogP contribution in [0.5, 0.6) is 0 Å². The van der Waals surface area contributed by atoms with Gasteiger partial charge in [0, 0.05) is 33.0 Å². The minimum atomic E-state index is -0.713. The molecule has 1 saturated carbocycles. The highest BCUT2D eigenvalue weighted by molar-refractivity contribution is 5.91. The maximum absolute atomic E-state index is 13.6. The molecule has 4 aromatic carbocycles. The average Bonchev–Trinajstić information content (AvgIpc) is 3.49. The second kappa shape index (κ2) is 18.1. The molecule has 5 rings (SSSR count). The first-order chi connectivity index (χ1) is 24.4. The maximum atomic E-state index is 13.6. The lowest BCUT2D eigenvalue weighted by Crippen LogP contribution is -2.38. The summed E-state index contributed by atoms with van der Waals surface area (Å²) in [6.45, 7) is 0. The van der Waals surface area contributed by atoms with Gasteiger partial charge < -0.3 is 23.7 Å². The van der Waals surface area contributed by atoms with Crippen molar-refractivity contribution < 1.29 is 38.1 Å². The van der Waals surface area contributed by atoms with E-state index in [9.17, 15) is 14.4 Å². The van der Waals surface area contributed by atoms with E-state index in [1.165, 1.54) is 7.11 Å². The third kappa shape index (κ3) is 9.34. The lowest BCUT2D eigenvalue weighted by Gasteiger charge is -2.31. The van der Waals surface area contributed by atoms with Gasteiger partial charge in [-0.2, -0.15) is 0 Å². The van der Waals surface area contributed by atoms with Crippen molar-refractivity contribution in [2.24, 2.45) is 11.8 Å². The Morgan fingerprint density at radius 1 is 0.620 bits per heavy atom. The number of benzene rings is 4. The summed E-state index contributed by atoms with van der Waals surface area (Å²) in [6, 6.07) is 34.5. The smallest absolute Gasteiger partial charge is 0.338 e. The first kappa shape index (κ1) is 36.2. The molecule has 0 amide bonds. The van der Waals surface area contributed by atoms with Gasteiger partial charge in [0.15, 0.2) is 6.29 Å². The van der Waals surface area contributed by atoms with Crippen LogP contribution in [0.25, 0.3) is 22.3 Å². The number of carbonyl (C=O) groups is 3. The van der Waals surface area contributed by atoms with Gasteiger partial charge in [-0.05, 0) is 65.8 Å². The van der Waals surface area contributed by atoms with E-state index in [-0.39, 0.29) is 18.3 Å². The molecule has 260 valence electrons. The van der Waals surface area contributed by atoms with Gasteiger partial charge >= 0.3 is 17.9 Å². The second-order valence-electron chi connectivity index (χ2n) is 12.3. The van der Waals surface area contributed by atoms with Crippen molar-refractivity contribution in [1.82, 2.24) is 0 Å². The highest BCUT2D eigenvalue weighted by Crippen LogP contribution is 2.43. The normalized spacial score (nSPS) is 18.6. The zero-order valence-electron chi connectivity index (χ0n) is 28.7. The van der Waals surface area contributed by atoms with Crippen LogP contribution in [0.4, 0.5) is 0 Å². The van der Waals surface area contributed by atoms with Gasteiger partial charge in [-0.3, -0.25) is 4.79 Å². The summed E-state index contributed by atoms with van der Waals surface area (Å²) in [4.78, 5) is 38.6. The lowest BCUT2D eigenvalue weighted by atomic mass is 9.88. The molecule has 8 nitrogen and oxygen atoms in total. The Morgan fingerprint density at radius 2 is 1.08 bits per heavy atom. The molecule has 1 aliphatic rings. The molecule has 50 heavy (non-hydrogen) atoms. The zero-order valence-corrected chi connectivity index (χ0v) is 28.7. The Balaban J connectivity index is 1.35. The topological polar surface area (TPSA) is 97.4 Å². The number of esters is 3. The van der Waals surface area contributed by atoms with E-state index in [1.54, 1.807) is 38.5 Å². The fraction of sp³-hybridized carbons (Fsp3) is 0.310. The van der Waals surface area contributed by atoms with Gasteiger partial charge in [0.25, 0.3) is 0 Å². The molecule has 0 aliphatic heterocycles. The molecule has 4 atom stereocenters. The van der Waals surface area contributed by atoms with E-state index in [1.807, 2.05) is 97.1 Å². The van der Waals surface area contributed by atoms with Crippen LogP contribution in [-0.4, -0.2) is 57.7 Å². The van der Waals surface area contributed by atoms with Crippen molar-refractivity contribution in [3.63, 3.8) is 0 Å². The Morgan fingerprint density at radius 3 is 1.56 bits per heavy atom. The van der Waals surface area contributed by atoms with Crippen molar-refractivity contribution in [2.75, 3.05) is 21.3 Å². The molecule has 0 saturated heterocycles. The van der Waals surface area contributed by atoms with Crippen LogP contribution in [-0.2, 0) is 28.5 Å². The van der Waals surface area contributed by atoms with Gasteiger partial charge in [0.2, 0.25) is 0 Å². The fourth-order valence-corrected chi connectivity index (χ4v) is 6.61. The number of ether oxygens (including phenoxy) is 5. The van der Waals surface area contributed by atoms with Crippen LogP contribution in [0.3, 0.4) is 0 Å². The number of hydrogen-bond acceptors (Lipinski definition) is 8. The summed E-state index contributed by atoms with van der Waals surface area (Å²) < 4.78 is 28.6. The van der Waals surface area contributed by atoms with Gasteiger partial charge in [0.1, 0.15) is 12.2 Å². The van der Waals surface area contributed by atoms with Gasteiger partial charge in [-0.25, -0.2) is 9.59 Å². The monoisotopic (exact) mass is 676 g/mol. The van der Waals surface area contributed by atoms with E-state index >= 15 is 0 Å². The molecule has 4 aromatic rings. The van der Waals surface area contributed by atoms with E-state index < -0.39 is 36.4 Å². The zero-order chi connectivity index (χ0) is 35.3. The van der Waals surface area contributed by atoms with Crippen LogP contribution in [0.15, 0.2) is 121 Å². The van der Waals surface area contributed by atoms with E-state index in [2.05, 4.69) is 0 Å². The molecule has 0 aromatic heterocycles. The van der Waals surface area contributed by atoms with Gasteiger partial charge in [-0.1, -0.05) is 97.1 Å². The fourth-order valence-electron chi connectivity index (χ4n) is 6.61. The number of rotatable bonds is 15. The summed E-state index contributed by atoms with van der Waals surface area (Å²) in [5, 5.41) is 0. The SMILES string of the molecule is COC(=O)CCC=CCC[C@@H]1[C@@H](C(OC)OC)[C@H](OC(=O)c2ccc(-c3ccccc3)cc2)C[C@@H]1OC(=O)c1ccc(-c2ccccc2)cc1. The molecule has 0 radical (unpaired) electrons.